The minimum absolute atomic E-state index is 0.400. The molecule has 0 aliphatic heterocycles. The zero-order valence-electron chi connectivity index (χ0n) is 8.46. The Labute approximate surface area is 80.3 Å². The van der Waals surface area contributed by atoms with Crippen molar-refractivity contribution in [3.8, 4) is 0 Å². The van der Waals surface area contributed by atoms with Crippen molar-refractivity contribution in [3.05, 3.63) is 0 Å². The molecule has 1 rings (SSSR count). The van der Waals surface area contributed by atoms with Crippen LogP contribution in [-0.2, 0) is 4.79 Å². The molecule has 0 aromatic carbocycles. The highest BCUT2D eigenvalue weighted by Gasteiger charge is 2.31. The van der Waals surface area contributed by atoms with Gasteiger partial charge in [0.25, 0.3) is 0 Å². The van der Waals surface area contributed by atoms with Crippen molar-refractivity contribution in [3.63, 3.8) is 0 Å². The van der Waals surface area contributed by atoms with Crippen molar-refractivity contribution in [2.75, 3.05) is 0 Å². The minimum atomic E-state index is -0.620. The largest absolute Gasteiger partial charge is 0.481 e. The summed E-state index contributed by atoms with van der Waals surface area (Å²) in [5.74, 6) is 0.599. The van der Waals surface area contributed by atoms with Crippen LogP contribution in [0, 0.1) is 11.8 Å². The average molecular weight is 184 g/mol. The van der Waals surface area contributed by atoms with Crippen molar-refractivity contribution in [1.29, 1.82) is 0 Å². The van der Waals surface area contributed by atoms with E-state index in [0.717, 1.165) is 12.3 Å². The van der Waals surface area contributed by atoms with E-state index in [9.17, 15) is 4.79 Å². The van der Waals surface area contributed by atoms with Gasteiger partial charge in [0.05, 0.1) is 0 Å². The van der Waals surface area contributed by atoms with Gasteiger partial charge in [0.2, 0.25) is 0 Å². The van der Waals surface area contributed by atoms with Gasteiger partial charge in [-0.15, -0.1) is 0 Å². The summed E-state index contributed by atoms with van der Waals surface area (Å²) in [6.45, 7) is 2.20. The molecule has 1 fully saturated rings. The van der Waals surface area contributed by atoms with Crippen molar-refractivity contribution in [2.24, 2.45) is 11.8 Å². The molecule has 2 nitrogen and oxygen atoms in total. The van der Waals surface area contributed by atoms with Gasteiger partial charge in [0, 0.05) is 6.42 Å². The summed E-state index contributed by atoms with van der Waals surface area (Å²) in [6, 6.07) is 0. The number of aliphatic carboxylic acids is 1. The molecule has 13 heavy (non-hydrogen) atoms. The Morgan fingerprint density at radius 1 is 1.31 bits per heavy atom. The predicted octanol–water partition coefficient (Wildman–Crippen LogP) is 3.07. The van der Waals surface area contributed by atoms with Crippen molar-refractivity contribution in [1.82, 2.24) is 0 Å². The van der Waals surface area contributed by atoms with Crippen LogP contribution in [0.5, 0.6) is 0 Å². The number of carboxylic acid groups (broad SMARTS) is 1. The second kappa shape index (κ2) is 5.25. The maximum absolute atomic E-state index is 10.5. The van der Waals surface area contributed by atoms with E-state index in [1.54, 1.807) is 0 Å². The lowest BCUT2D eigenvalue weighted by Gasteiger charge is -2.35. The monoisotopic (exact) mass is 184 g/mol. The molecule has 1 aliphatic carbocycles. The Hall–Kier alpha value is -0.530. The van der Waals surface area contributed by atoms with Crippen LogP contribution < -0.4 is 0 Å². The summed E-state index contributed by atoms with van der Waals surface area (Å²) >= 11 is 0. The topological polar surface area (TPSA) is 37.3 Å². The molecule has 0 bridgehead atoms. The summed E-state index contributed by atoms with van der Waals surface area (Å²) in [5.41, 5.74) is 0. The van der Waals surface area contributed by atoms with Crippen LogP contribution in [-0.4, -0.2) is 11.1 Å². The van der Waals surface area contributed by atoms with Gasteiger partial charge in [-0.25, -0.2) is 0 Å². The maximum atomic E-state index is 10.5. The van der Waals surface area contributed by atoms with Crippen LogP contribution in [0.4, 0.5) is 0 Å². The van der Waals surface area contributed by atoms with Crippen LogP contribution >= 0.6 is 0 Å². The summed E-state index contributed by atoms with van der Waals surface area (Å²) in [6.07, 6.45) is 7.91. The van der Waals surface area contributed by atoms with Crippen molar-refractivity contribution < 1.29 is 9.90 Å². The normalized spacial score (nSPS) is 26.8. The number of rotatable bonds is 6. The Balaban J connectivity index is 2.09. The van der Waals surface area contributed by atoms with Gasteiger partial charge in [-0.2, -0.15) is 0 Å². The lowest BCUT2D eigenvalue weighted by atomic mass is 9.69. The molecule has 0 aromatic heterocycles. The molecule has 0 saturated heterocycles. The molecule has 2 heteroatoms. The van der Waals surface area contributed by atoms with Crippen LogP contribution in [0.15, 0.2) is 0 Å². The van der Waals surface area contributed by atoms with Gasteiger partial charge < -0.3 is 5.11 Å². The fraction of sp³-hybridized carbons (Fsp3) is 0.909. The van der Waals surface area contributed by atoms with E-state index in [1.807, 2.05) is 0 Å². The molecule has 76 valence electrons. The van der Waals surface area contributed by atoms with Gasteiger partial charge in [0.15, 0.2) is 0 Å². The lowest BCUT2D eigenvalue weighted by molar-refractivity contribution is -0.139. The number of carboxylic acids is 1. The fourth-order valence-corrected chi connectivity index (χ4v) is 2.17. The molecule has 0 spiro atoms. The number of unbranched alkanes of at least 4 members (excludes halogenated alkanes) is 2. The molecule has 2 atom stereocenters. The molecule has 1 aliphatic rings. The maximum Gasteiger partial charge on any atom is 0.303 e. The summed E-state index contributed by atoms with van der Waals surface area (Å²) in [7, 11) is 0. The molecule has 0 aromatic rings. The van der Waals surface area contributed by atoms with Crippen molar-refractivity contribution >= 4 is 5.97 Å². The third-order valence-electron chi connectivity index (χ3n) is 3.19. The van der Waals surface area contributed by atoms with E-state index in [0.29, 0.717) is 12.3 Å². The van der Waals surface area contributed by atoms with Crippen LogP contribution in [0.1, 0.15) is 51.9 Å². The van der Waals surface area contributed by atoms with Gasteiger partial charge in [-0.3, -0.25) is 4.79 Å². The molecule has 1 saturated carbocycles. The molecule has 2 unspecified atom stereocenters. The number of hydrogen-bond donors (Lipinski definition) is 1. The lowest BCUT2D eigenvalue weighted by Crippen LogP contribution is -2.27. The quantitative estimate of drug-likeness (QED) is 0.644. The standard InChI is InChI=1S/C11H20O2/c1-2-3-4-5-9-6-7-10(9)8-11(12)13/h9-10H,2-8H2,1H3,(H,12,13). The smallest absolute Gasteiger partial charge is 0.303 e. The van der Waals surface area contributed by atoms with Gasteiger partial charge in [-0.05, 0) is 24.7 Å². The first-order valence-electron chi connectivity index (χ1n) is 5.45. The first-order valence-corrected chi connectivity index (χ1v) is 5.45. The molecule has 1 N–H and O–H groups in total. The van der Waals surface area contributed by atoms with Crippen LogP contribution in [0.3, 0.4) is 0 Å². The first-order chi connectivity index (χ1) is 6.24. The third kappa shape index (κ3) is 3.37. The first kappa shape index (κ1) is 10.6. The fourth-order valence-electron chi connectivity index (χ4n) is 2.17. The Morgan fingerprint density at radius 2 is 2.00 bits per heavy atom. The average Bonchev–Trinajstić information content (AvgIpc) is 2.06. The Bertz CT molecular complexity index is 165. The summed E-state index contributed by atoms with van der Waals surface area (Å²) < 4.78 is 0. The highest BCUT2D eigenvalue weighted by Crippen LogP contribution is 2.40. The van der Waals surface area contributed by atoms with E-state index in [-0.39, 0.29) is 0 Å². The predicted molar refractivity (Wildman–Crippen MR) is 52.6 cm³/mol. The second-order valence-electron chi connectivity index (χ2n) is 4.19. The molecular weight excluding hydrogens is 164 g/mol. The number of hydrogen-bond acceptors (Lipinski definition) is 1. The minimum Gasteiger partial charge on any atom is -0.481 e. The van der Waals surface area contributed by atoms with Gasteiger partial charge in [0.1, 0.15) is 0 Å². The van der Waals surface area contributed by atoms with E-state index in [2.05, 4.69) is 6.92 Å². The molecule has 0 radical (unpaired) electrons. The molecule has 0 amide bonds. The number of carbonyl (C=O) groups is 1. The SMILES string of the molecule is CCCCCC1CCC1CC(=O)O. The second-order valence-corrected chi connectivity index (χ2v) is 4.19. The molecular formula is C11H20O2. The van der Waals surface area contributed by atoms with E-state index >= 15 is 0 Å². The van der Waals surface area contributed by atoms with Crippen LogP contribution in [0.2, 0.25) is 0 Å². The Kier molecular flexibility index (Phi) is 4.26. The third-order valence-corrected chi connectivity index (χ3v) is 3.19. The van der Waals surface area contributed by atoms with Gasteiger partial charge >= 0.3 is 5.97 Å². The summed E-state index contributed by atoms with van der Waals surface area (Å²) in [5, 5.41) is 8.64. The Morgan fingerprint density at radius 3 is 2.46 bits per heavy atom. The van der Waals surface area contributed by atoms with E-state index in [1.165, 1.54) is 32.1 Å². The molecule has 0 heterocycles. The van der Waals surface area contributed by atoms with Gasteiger partial charge in [-0.1, -0.05) is 32.6 Å². The van der Waals surface area contributed by atoms with E-state index < -0.39 is 5.97 Å². The highest BCUT2D eigenvalue weighted by molar-refractivity contribution is 5.67. The van der Waals surface area contributed by atoms with Crippen molar-refractivity contribution in [2.45, 2.75) is 51.9 Å². The zero-order valence-corrected chi connectivity index (χ0v) is 8.46. The summed E-state index contributed by atoms with van der Waals surface area (Å²) in [4.78, 5) is 10.5. The van der Waals surface area contributed by atoms with Crippen LogP contribution in [0.25, 0.3) is 0 Å². The highest BCUT2D eigenvalue weighted by atomic mass is 16.4. The zero-order chi connectivity index (χ0) is 9.68. The van der Waals surface area contributed by atoms with E-state index in [4.69, 9.17) is 5.11 Å².